The molecule has 4 amide bonds. The second-order valence-electron chi connectivity index (χ2n) is 6.33. The first kappa shape index (κ1) is 17.2. The Morgan fingerprint density at radius 1 is 1.32 bits per heavy atom. The lowest BCUT2D eigenvalue weighted by atomic mass is 10.1. The van der Waals surface area contributed by atoms with E-state index in [1.54, 1.807) is 0 Å². The number of aryl methyl sites for hydroxylation is 1. The zero-order valence-electron chi connectivity index (χ0n) is 14.0. The van der Waals surface area contributed by atoms with Crippen molar-refractivity contribution in [2.75, 3.05) is 18.5 Å². The Morgan fingerprint density at radius 3 is 2.68 bits per heavy atom. The fourth-order valence-electron chi connectivity index (χ4n) is 3.26. The third-order valence-corrected chi connectivity index (χ3v) is 4.64. The topological polar surface area (TPSA) is 111 Å². The molecule has 0 aromatic heterocycles. The first-order valence-corrected chi connectivity index (χ1v) is 8.40. The zero-order chi connectivity index (χ0) is 18.0. The van der Waals surface area contributed by atoms with Crippen LogP contribution in [0.4, 0.5) is 10.5 Å². The summed E-state index contributed by atoms with van der Waals surface area (Å²) < 4.78 is 0. The van der Waals surface area contributed by atoms with Crippen LogP contribution < -0.4 is 16.0 Å². The zero-order valence-corrected chi connectivity index (χ0v) is 14.0. The van der Waals surface area contributed by atoms with Gasteiger partial charge in [0.05, 0.1) is 12.6 Å². The number of aliphatic hydroxyl groups is 1. The van der Waals surface area contributed by atoms with Crippen molar-refractivity contribution in [2.45, 2.75) is 37.9 Å². The molecule has 2 aliphatic rings. The van der Waals surface area contributed by atoms with Crippen molar-refractivity contribution in [1.29, 1.82) is 0 Å². The minimum absolute atomic E-state index is 0.260. The lowest BCUT2D eigenvalue weighted by molar-refractivity contribution is -0.148. The number of urea groups is 1. The van der Waals surface area contributed by atoms with Gasteiger partial charge in [-0.05, 0) is 30.5 Å². The van der Waals surface area contributed by atoms with Crippen molar-refractivity contribution in [3.63, 3.8) is 0 Å². The Morgan fingerprint density at radius 2 is 2.04 bits per heavy atom. The minimum atomic E-state index is -0.895. The Balaban J connectivity index is 1.57. The van der Waals surface area contributed by atoms with Crippen molar-refractivity contribution < 1.29 is 19.5 Å². The maximum absolute atomic E-state index is 12.2. The number of hydrogen-bond acceptors (Lipinski definition) is 4. The number of carbonyl (C=O) groups is 3. The molecule has 3 atom stereocenters. The summed E-state index contributed by atoms with van der Waals surface area (Å²) in [4.78, 5) is 37.8. The van der Waals surface area contributed by atoms with Gasteiger partial charge in [-0.3, -0.25) is 9.59 Å². The van der Waals surface area contributed by atoms with Crippen LogP contribution in [0.25, 0.3) is 0 Å². The molecular weight excluding hydrogens is 324 g/mol. The summed E-state index contributed by atoms with van der Waals surface area (Å²) in [6.07, 6.45) is 1.29. The second kappa shape index (κ2) is 7.10. The molecule has 0 spiro atoms. The van der Waals surface area contributed by atoms with Gasteiger partial charge >= 0.3 is 6.03 Å². The van der Waals surface area contributed by atoms with Crippen LogP contribution in [-0.4, -0.2) is 59.1 Å². The van der Waals surface area contributed by atoms with Gasteiger partial charge in [0, 0.05) is 12.2 Å². The molecule has 0 unspecified atom stereocenters. The summed E-state index contributed by atoms with van der Waals surface area (Å²) in [5.74, 6) is -0.606. The maximum Gasteiger partial charge on any atom is 0.319 e. The highest BCUT2D eigenvalue weighted by Crippen LogP contribution is 2.22. The van der Waals surface area contributed by atoms with Crippen molar-refractivity contribution in [3.8, 4) is 0 Å². The van der Waals surface area contributed by atoms with Crippen LogP contribution >= 0.6 is 0 Å². The van der Waals surface area contributed by atoms with E-state index in [9.17, 15) is 14.4 Å². The Bertz CT molecular complexity index is 676. The van der Waals surface area contributed by atoms with E-state index in [0.717, 1.165) is 6.42 Å². The molecule has 0 saturated carbocycles. The quantitative estimate of drug-likeness (QED) is 0.607. The first-order valence-electron chi connectivity index (χ1n) is 8.40. The number of carbonyl (C=O) groups excluding carboxylic acids is 3. The highest BCUT2D eigenvalue weighted by Gasteiger charge is 2.46. The molecule has 1 aromatic carbocycles. The van der Waals surface area contributed by atoms with Gasteiger partial charge < -0.3 is 26.0 Å². The van der Waals surface area contributed by atoms with Gasteiger partial charge in [0.25, 0.3) is 0 Å². The molecule has 0 aliphatic carbocycles. The molecule has 2 saturated heterocycles. The van der Waals surface area contributed by atoms with Crippen molar-refractivity contribution >= 4 is 23.5 Å². The third-order valence-electron chi connectivity index (χ3n) is 4.64. The largest absolute Gasteiger partial charge is 0.394 e. The maximum atomic E-state index is 12.2. The van der Waals surface area contributed by atoms with Gasteiger partial charge in [0.2, 0.25) is 11.8 Å². The predicted octanol–water partition coefficient (Wildman–Crippen LogP) is -0.169. The fraction of sp³-hybridized carbons (Fsp3) is 0.471. The number of piperazine rings is 1. The number of fused-ring (bicyclic) bond motifs is 1. The lowest BCUT2D eigenvalue weighted by Crippen LogP contribution is -2.62. The number of amides is 4. The summed E-state index contributed by atoms with van der Waals surface area (Å²) in [5, 5.41) is 17.2. The van der Waals surface area contributed by atoms with Crippen molar-refractivity contribution in [2.24, 2.45) is 0 Å². The number of nitrogens with zero attached hydrogens (tertiary/aromatic N) is 1. The summed E-state index contributed by atoms with van der Waals surface area (Å²) in [5.41, 5.74) is 1.86. The second-order valence-corrected chi connectivity index (χ2v) is 6.33. The van der Waals surface area contributed by atoms with Crippen LogP contribution in [-0.2, 0) is 16.0 Å². The monoisotopic (exact) mass is 346 g/mol. The van der Waals surface area contributed by atoms with Gasteiger partial charge in [-0.2, -0.15) is 0 Å². The fourth-order valence-corrected chi connectivity index (χ4v) is 3.26. The molecule has 4 N–H and O–H groups in total. The van der Waals surface area contributed by atoms with E-state index < -0.39 is 18.7 Å². The molecule has 0 bridgehead atoms. The highest BCUT2D eigenvalue weighted by atomic mass is 16.3. The highest BCUT2D eigenvalue weighted by molar-refractivity contribution is 5.98. The lowest BCUT2D eigenvalue weighted by Gasteiger charge is -2.33. The van der Waals surface area contributed by atoms with E-state index in [0.29, 0.717) is 12.1 Å². The number of nitrogens with one attached hydrogen (secondary N) is 3. The molecule has 1 aromatic rings. The van der Waals surface area contributed by atoms with Gasteiger partial charge in [0.15, 0.2) is 0 Å². The van der Waals surface area contributed by atoms with Crippen molar-refractivity contribution in [1.82, 2.24) is 15.5 Å². The molecular formula is C17H22N4O4. The molecule has 2 fully saturated rings. The first-order chi connectivity index (χ1) is 12.0. The Kier molecular flexibility index (Phi) is 4.89. The Hall–Kier alpha value is -2.61. The van der Waals surface area contributed by atoms with E-state index in [4.69, 9.17) is 5.11 Å². The van der Waals surface area contributed by atoms with Crippen LogP contribution in [0.2, 0.25) is 0 Å². The van der Waals surface area contributed by atoms with Gasteiger partial charge in [0.1, 0.15) is 12.1 Å². The van der Waals surface area contributed by atoms with Crippen LogP contribution in [0, 0.1) is 0 Å². The molecule has 2 heterocycles. The van der Waals surface area contributed by atoms with Crippen LogP contribution in [0.3, 0.4) is 0 Å². The van der Waals surface area contributed by atoms with E-state index in [1.807, 2.05) is 24.3 Å². The minimum Gasteiger partial charge on any atom is -0.394 e. The summed E-state index contributed by atoms with van der Waals surface area (Å²) in [6.45, 7) is 1.89. The number of anilines is 1. The molecule has 8 nitrogen and oxygen atoms in total. The SMILES string of the molecule is CCc1ccc(NC(=O)N[C@H]2C[C@H]3C(=O)N[C@@H](CO)C(=O)N3C2)cc1. The van der Waals surface area contributed by atoms with Gasteiger partial charge in [-0.25, -0.2) is 4.79 Å². The molecule has 2 aliphatic heterocycles. The van der Waals surface area contributed by atoms with Crippen molar-refractivity contribution in [3.05, 3.63) is 29.8 Å². The van der Waals surface area contributed by atoms with E-state index >= 15 is 0 Å². The van der Waals surface area contributed by atoms with Crippen LogP contribution in [0.15, 0.2) is 24.3 Å². The number of benzene rings is 1. The van der Waals surface area contributed by atoms with Crippen LogP contribution in [0.1, 0.15) is 18.9 Å². The predicted molar refractivity (Wildman–Crippen MR) is 90.9 cm³/mol. The van der Waals surface area contributed by atoms with Gasteiger partial charge in [-0.1, -0.05) is 19.1 Å². The molecule has 25 heavy (non-hydrogen) atoms. The summed E-state index contributed by atoms with van der Waals surface area (Å²) >= 11 is 0. The molecule has 134 valence electrons. The molecule has 3 rings (SSSR count). The van der Waals surface area contributed by atoms with Gasteiger partial charge in [-0.15, -0.1) is 0 Å². The number of rotatable bonds is 4. The summed E-state index contributed by atoms with van der Waals surface area (Å²) in [7, 11) is 0. The average molecular weight is 346 g/mol. The van der Waals surface area contributed by atoms with Crippen LogP contribution in [0.5, 0.6) is 0 Å². The number of hydrogen-bond donors (Lipinski definition) is 4. The summed E-state index contributed by atoms with van der Waals surface area (Å²) in [6, 6.07) is 5.39. The molecule has 8 heteroatoms. The van der Waals surface area contributed by atoms with E-state index in [1.165, 1.54) is 10.5 Å². The Labute approximate surface area is 145 Å². The number of aliphatic hydroxyl groups excluding tert-OH is 1. The average Bonchev–Trinajstić information content (AvgIpc) is 3.03. The van der Waals surface area contributed by atoms with E-state index in [2.05, 4.69) is 22.9 Å². The van der Waals surface area contributed by atoms with E-state index in [-0.39, 0.29) is 30.4 Å². The normalized spacial score (nSPS) is 25.4. The standard InChI is InChI=1S/C17H22N4O4/c1-2-10-3-5-11(6-4-10)18-17(25)19-12-7-14-15(23)20-13(9-22)16(24)21(14)8-12/h3-6,12-14,22H,2,7-9H2,1H3,(H,20,23)(H2,18,19,25)/t12-,13-,14-/m0/s1. The smallest absolute Gasteiger partial charge is 0.319 e. The third kappa shape index (κ3) is 3.58. The molecule has 0 radical (unpaired) electrons.